The lowest BCUT2D eigenvalue weighted by Crippen LogP contribution is -1.98. The molecule has 0 saturated heterocycles. The number of H-pyrrole nitrogens is 1. The molecule has 1 aliphatic heterocycles. The number of nitrogens with one attached hydrogen (secondary N) is 1. The molecular weight excluding hydrogens is 404 g/mol. The van der Waals surface area contributed by atoms with Gasteiger partial charge in [0.15, 0.2) is 0 Å². The fourth-order valence-corrected chi connectivity index (χ4v) is 5.57. The van der Waals surface area contributed by atoms with E-state index in [1.54, 1.807) is 22.7 Å². The van der Waals surface area contributed by atoms with E-state index in [1.807, 2.05) is 0 Å². The third-order valence-corrected chi connectivity index (χ3v) is 7.25. The highest BCUT2D eigenvalue weighted by atomic mass is 32.1. The number of aromatic nitrogens is 1. The number of benzene rings is 2. The zero-order valence-corrected chi connectivity index (χ0v) is 18.0. The smallest absolute Gasteiger partial charge is 0.0888 e. The minimum absolute atomic E-state index is 1.01. The zero-order valence-electron chi connectivity index (χ0n) is 16.3. The van der Waals surface area contributed by atoms with Gasteiger partial charge >= 0.3 is 0 Å². The third kappa shape index (κ3) is 2.80. The highest BCUT2D eigenvalue weighted by molar-refractivity contribution is 7.13. The van der Waals surface area contributed by atoms with Crippen LogP contribution in [0.5, 0.6) is 0 Å². The Bertz CT molecular complexity index is 1430. The molecule has 2 aromatic carbocycles. The van der Waals surface area contributed by atoms with Gasteiger partial charge in [0.1, 0.15) is 0 Å². The summed E-state index contributed by atoms with van der Waals surface area (Å²) in [7, 11) is 0. The van der Waals surface area contributed by atoms with E-state index in [9.17, 15) is 0 Å². The van der Waals surface area contributed by atoms with Gasteiger partial charge in [-0.2, -0.15) is 0 Å². The summed E-state index contributed by atoms with van der Waals surface area (Å²) >= 11 is 3.50. The number of hydrogen-bond donors (Lipinski definition) is 1. The van der Waals surface area contributed by atoms with Crippen molar-refractivity contribution in [2.75, 3.05) is 0 Å². The first-order valence-electron chi connectivity index (χ1n) is 9.88. The number of aliphatic imine (C=N–C) groups is 1. The van der Waals surface area contributed by atoms with E-state index in [0.717, 1.165) is 17.1 Å². The minimum Gasteiger partial charge on any atom is -0.353 e. The van der Waals surface area contributed by atoms with Crippen molar-refractivity contribution in [3.8, 4) is 10.6 Å². The van der Waals surface area contributed by atoms with Crippen LogP contribution in [0.2, 0.25) is 0 Å². The number of rotatable bonds is 3. The molecule has 144 valence electrons. The molecular formula is C26H18N2S2. The fourth-order valence-electron chi connectivity index (χ4n) is 4.10. The van der Waals surface area contributed by atoms with Crippen molar-refractivity contribution < 1.29 is 0 Å². The maximum atomic E-state index is 5.08. The van der Waals surface area contributed by atoms with Gasteiger partial charge in [0.2, 0.25) is 0 Å². The summed E-state index contributed by atoms with van der Waals surface area (Å²) in [6, 6.07) is 23.7. The number of hydrogen-bond acceptors (Lipinski definition) is 3. The van der Waals surface area contributed by atoms with Gasteiger partial charge in [-0.05, 0) is 42.0 Å². The highest BCUT2D eigenvalue weighted by Crippen LogP contribution is 2.38. The normalized spacial score (nSPS) is 14.4. The van der Waals surface area contributed by atoms with Crippen LogP contribution < -0.4 is 0 Å². The maximum absolute atomic E-state index is 5.08. The molecule has 5 aromatic rings. The monoisotopic (exact) mass is 422 g/mol. The molecule has 0 unspecified atom stereocenters. The number of aromatic amines is 1. The largest absolute Gasteiger partial charge is 0.353 e. The fraction of sp³-hybridized carbons (Fsp3) is 0.0385. The molecule has 4 heteroatoms. The van der Waals surface area contributed by atoms with Crippen LogP contribution in [0.25, 0.3) is 33.1 Å². The van der Waals surface area contributed by atoms with E-state index in [1.165, 1.54) is 42.9 Å². The molecule has 0 saturated carbocycles. The van der Waals surface area contributed by atoms with Crippen molar-refractivity contribution >= 4 is 50.9 Å². The first kappa shape index (κ1) is 17.6. The van der Waals surface area contributed by atoms with Crippen LogP contribution in [0.4, 0.5) is 0 Å². The molecule has 1 N–H and O–H groups in total. The van der Waals surface area contributed by atoms with Crippen molar-refractivity contribution in [2.45, 2.75) is 6.92 Å². The number of fused-ring (bicyclic) bond motifs is 2. The Labute approximate surface area is 182 Å². The van der Waals surface area contributed by atoms with E-state index in [-0.39, 0.29) is 0 Å². The van der Waals surface area contributed by atoms with Gasteiger partial charge < -0.3 is 4.98 Å². The lowest BCUT2D eigenvalue weighted by Gasteiger charge is -2.03. The lowest BCUT2D eigenvalue weighted by molar-refractivity contribution is 1.39. The molecule has 0 radical (unpaired) electrons. The predicted molar refractivity (Wildman–Crippen MR) is 131 cm³/mol. The number of aryl methyl sites for hydroxylation is 1. The molecule has 0 spiro atoms. The first-order chi connectivity index (χ1) is 14.8. The Balaban J connectivity index is 1.57. The summed E-state index contributed by atoms with van der Waals surface area (Å²) < 4.78 is 0. The van der Waals surface area contributed by atoms with Crippen LogP contribution in [-0.2, 0) is 0 Å². The number of nitrogens with zero attached hydrogens (tertiary/aromatic N) is 1. The summed E-state index contributed by atoms with van der Waals surface area (Å²) in [5.41, 5.74) is 8.04. The zero-order chi connectivity index (χ0) is 20.1. The van der Waals surface area contributed by atoms with Gasteiger partial charge in [-0.25, -0.2) is 4.99 Å². The summed E-state index contributed by atoms with van der Waals surface area (Å²) in [6.07, 6.45) is 2.20. The highest BCUT2D eigenvalue weighted by Gasteiger charge is 2.23. The Morgan fingerprint density at radius 2 is 1.57 bits per heavy atom. The second kappa shape index (κ2) is 6.94. The molecule has 2 nitrogen and oxygen atoms in total. The molecule has 30 heavy (non-hydrogen) atoms. The van der Waals surface area contributed by atoms with Gasteiger partial charge in [-0.1, -0.05) is 54.1 Å². The predicted octanol–water partition coefficient (Wildman–Crippen LogP) is 7.62. The minimum atomic E-state index is 1.01. The molecule has 0 bridgehead atoms. The van der Waals surface area contributed by atoms with Gasteiger partial charge in [-0.15, -0.1) is 22.7 Å². The van der Waals surface area contributed by atoms with Crippen LogP contribution in [0, 0.1) is 6.92 Å². The Morgan fingerprint density at radius 1 is 0.800 bits per heavy atom. The van der Waals surface area contributed by atoms with Crippen molar-refractivity contribution in [1.29, 1.82) is 0 Å². The maximum Gasteiger partial charge on any atom is 0.0888 e. The molecule has 0 atom stereocenters. The summed E-state index contributed by atoms with van der Waals surface area (Å²) in [5, 5.41) is 6.70. The Morgan fingerprint density at radius 3 is 2.33 bits per heavy atom. The Kier molecular flexibility index (Phi) is 4.08. The first-order valence-corrected chi connectivity index (χ1v) is 11.6. The molecule has 1 aliphatic rings. The van der Waals surface area contributed by atoms with Crippen molar-refractivity contribution in [1.82, 2.24) is 4.98 Å². The van der Waals surface area contributed by atoms with Gasteiger partial charge in [-0.3, -0.25) is 0 Å². The molecule has 0 amide bonds. The standard InChI is InChI=1S/C26H18N2S2/c1-16-10-11-18-20(14-16)26(24-9-5-13-30-24)28-22(18)15-21-17-6-2-3-7-19(17)25(27-21)23-8-4-12-29-23/h2-15,27H,1H3/b22-15-. The molecule has 4 heterocycles. The molecule has 0 aliphatic carbocycles. The summed E-state index contributed by atoms with van der Waals surface area (Å²) in [6.45, 7) is 2.14. The molecule has 6 rings (SSSR count). The van der Waals surface area contributed by atoms with Crippen LogP contribution >= 0.6 is 22.7 Å². The SMILES string of the molecule is Cc1ccc2c(c1)C(c1cccs1)=N/C2=C\c1[nH]c(-c2cccs2)c2ccccc12. The average Bonchev–Trinajstić information content (AvgIpc) is 3.55. The van der Waals surface area contributed by atoms with Crippen LogP contribution in [0.15, 0.2) is 82.5 Å². The van der Waals surface area contributed by atoms with Gasteiger partial charge in [0.25, 0.3) is 0 Å². The summed E-state index contributed by atoms with van der Waals surface area (Å²) in [4.78, 5) is 11.2. The van der Waals surface area contributed by atoms with Crippen molar-refractivity contribution in [3.05, 3.63) is 105 Å². The van der Waals surface area contributed by atoms with Crippen molar-refractivity contribution in [2.24, 2.45) is 4.99 Å². The van der Waals surface area contributed by atoms with E-state index in [0.29, 0.717) is 0 Å². The third-order valence-electron chi connectivity index (χ3n) is 5.49. The quantitative estimate of drug-likeness (QED) is 0.310. The second-order valence-electron chi connectivity index (χ2n) is 7.45. The van der Waals surface area contributed by atoms with Crippen molar-refractivity contribution in [3.63, 3.8) is 0 Å². The van der Waals surface area contributed by atoms with Crippen LogP contribution in [0.3, 0.4) is 0 Å². The van der Waals surface area contributed by atoms with E-state index < -0.39 is 0 Å². The van der Waals surface area contributed by atoms with E-state index in [2.05, 4.69) is 95.5 Å². The molecule has 0 fully saturated rings. The van der Waals surface area contributed by atoms with Crippen LogP contribution in [0.1, 0.15) is 27.3 Å². The molecule has 3 aromatic heterocycles. The van der Waals surface area contributed by atoms with Gasteiger partial charge in [0.05, 0.1) is 26.9 Å². The van der Waals surface area contributed by atoms with E-state index in [4.69, 9.17) is 4.99 Å². The van der Waals surface area contributed by atoms with Crippen LogP contribution in [-0.4, -0.2) is 10.7 Å². The van der Waals surface area contributed by atoms with Gasteiger partial charge in [0, 0.05) is 27.6 Å². The number of thiophene rings is 2. The topological polar surface area (TPSA) is 28.1 Å². The second-order valence-corrected chi connectivity index (χ2v) is 9.35. The summed E-state index contributed by atoms with van der Waals surface area (Å²) in [5.74, 6) is 0. The van der Waals surface area contributed by atoms with E-state index >= 15 is 0 Å². The average molecular weight is 423 g/mol. The Hall–Kier alpha value is -3.21. The lowest BCUT2D eigenvalue weighted by atomic mass is 10.00.